The number of carbonyl (C=O) groups is 3. The molecule has 3 fully saturated rings. The lowest BCUT2D eigenvalue weighted by molar-refractivity contribution is -0.920. The first-order valence-corrected chi connectivity index (χ1v) is 10.3. The van der Waals surface area contributed by atoms with Gasteiger partial charge in [0.15, 0.2) is 6.04 Å². The van der Waals surface area contributed by atoms with E-state index in [-0.39, 0.29) is 36.1 Å². The molecule has 1 aromatic carbocycles. The van der Waals surface area contributed by atoms with Crippen molar-refractivity contribution in [2.24, 2.45) is 5.92 Å². The molecular formula is C20H25ClN3O4+. The normalized spacial score (nSPS) is 28.7. The Morgan fingerprint density at radius 3 is 2.36 bits per heavy atom. The van der Waals surface area contributed by atoms with Crippen LogP contribution in [0, 0.1) is 5.92 Å². The molecule has 8 heteroatoms. The van der Waals surface area contributed by atoms with Crippen LogP contribution in [0.3, 0.4) is 0 Å². The van der Waals surface area contributed by atoms with Crippen LogP contribution in [0.1, 0.15) is 19.3 Å². The van der Waals surface area contributed by atoms with Crippen molar-refractivity contribution in [1.29, 1.82) is 0 Å². The molecule has 3 heterocycles. The molecule has 1 atom stereocenters. The molecule has 7 nitrogen and oxygen atoms in total. The number of hydrogen-bond acceptors (Lipinski definition) is 4. The van der Waals surface area contributed by atoms with E-state index in [1.54, 1.807) is 24.3 Å². The molecule has 1 N–H and O–H groups in total. The van der Waals surface area contributed by atoms with Crippen molar-refractivity contribution >= 4 is 35.0 Å². The Hall–Kier alpha value is -1.96. The molecule has 3 amide bonds. The summed E-state index contributed by atoms with van der Waals surface area (Å²) in [4.78, 5) is 42.4. The summed E-state index contributed by atoms with van der Waals surface area (Å²) >= 11 is 5.91. The molecule has 0 radical (unpaired) electrons. The van der Waals surface area contributed by atoms with Crippen LogP contribution in [0.15, 0.2) is 24.3 Å². The predicted molar refractivity (Wildman–Crippen MR) is 103 cm³/mol. The zero-order valence-electron chi connectivity index (χ0n) is 15.7. The van der Waals surface area contributed by atoms with Gasteiger partial charge in [0.25, 0.3) is 5.91 Å². The Labute approximate surface area is 169 Å². The number of nitrogens with one attached hydrogen (secondary N) is 1. The van der Waals surface area contributed by atoms with Crippen LogP contribution >= 0.6 is 11.6 Å². The molecule has 150 valence electrons. The van der Waals surface area contributed by atoms with Gasteiger partial charge in [-0.05, 0) is 24.3 Å². The van der Waals surface area contributed by atoms with Gasteiger partial charge in [-0.25, -0.2) is 4.90 Å². The van der Waals surface area contributed by atoms with Gasteiger partial charge in [-0.15, -0.1) is 0 Å². The third-order valence-electron chi connectivity index (χ3n) is 6.02. The van der Waals surface area contributed by atoms with Crippen molar-refractivity contribution in [3.05, 3.63) is 29.3 Å². The molecule has 0 saturated carbocycles. The molecule has 0 unspecified atom stereocenters. The number of rotatable bonds is 3. The zero-order chi connectivity index (χ0) is 19.7. The van der Waals surface area contributed by atoms with Gasteiger partial charge in [-0.1, -0.05) is 11.6 Å². The fourth-order valence-corrected chi connectivity index (χ4v) is 4.56. The maximum atomic E-state index is 12.9. The fourth-order valence-electron chi connectivity index (χ4n) is 4.44. The number of imide groups is 1. The standard InChI is InChI=1S/C20H24ClN3O4/c21-15-1-3-16(4-2-15)24-18(25)13-17(20(24)27)22-7-5-14(6-8-22)19(26)23-9-11-28-12-10-23/h1-4,14,17H,5-13H2/p+1/t17-/m0/s1. The third-order valence-corrected chi connectivity index (χ3v) is 6.28. The number of quaternary nitrogens is 1. The van der Waals surface area contributed by atoms with Gasteiger partial charge in [0.2, 0.25) is 11.8 Å². The molecule has 3 aliphatic rings. The monoisotopic (exact) mass is 406 g/mol. The van der Waals surface area contributed by atoms with E-state index in [1.807, 2.05) is 4.90 Å². The summed E-state index contributed by atoms with van der Waals surface area (Å²) < 4.78 is 5.32. The lowest BCUT2D eigenvalue weighted by Gasteiger charge is -2.35. The van der Waals surface area contributed by atoms with Crippen LogP contribution in [-0.2, 0) is 19.1 Å². The van der Waals surface area contributed by atoms with E-state index in [9.17, 15) is 14.4 Å². The van der Waals surface area contributed by atoms with Crippen molar-refractivity contribution in [3.63, 3.8) is 0 Å². The smallest absolute Gasteiger partial charge is 0.292 e. The molecule has 3 saturated heterocycles. The Kier molecular flexibility index (Phi) is 5.66. The highest BCUT2D eigenvalue weighted by molar-refractivity contribution is 6.30. The Morgan fingerprint density at radius 2 is 1.71 bits per heavy atom. The number of likely N-dealkylation sites (tertiary alicyclic amines) is 1. The molecular weight excluding hydrogens is 382 g/mol. The SMILES string of the molecule is O=C(C1CC[NH+]([C@H]2CC(=O)N(c3ccc(Cl)cc3)C2=O)CC1)N1CCOCC1. The van der Waals surface area contributed by atoms with E-state index in [2.05, 4.69) is 0 Å². The third kappa shape index (κ3) is 3.79. The highest BCUT2D eigenvalue weighted by Crippen LogP contribution is 2.24. The quantitative estimate of drug-likeness (QED) is 0.724. The second kappa shape index (κ2) is 8.19. The minimum absolute atomic E-state index is 0.0152. The number of anilines is 1. The Bertz CT molecular complexity index is 755. The number of piperidine rings is 1. The fraction of sp³-hybridized carbons (Fsp3) is 0.550. The van der Waals surface area contributed by atoms with Gasteiger partial charge in [0.05, 0.1) is 38.4 Å². The first-order valence-electron chi connectivity index (χ1n) is 9.88. The first kappa shape index (κ1) is 19.4. The van der Waals surface area contributed by atoms with Crippen molar-refractivity contribution in [1.82, 2.24) is 4.90 Å². The van der Waals surface area contributed by atoms with Crippen molar-refractivity contribution < 1.29 is 24.0 Å². The summed E-state index contributed by atoms with van der Waals surface area (Å²) in [6, 6.07) is 6.40. The highest BCUT2D eigenvalue weighted by atomic mass is 35.5. The van der Waals surface area contributed by atoms with Gasteiger partial charge in [0.1, 0.15) is 0 Å². The summed E-state index contributed by atoms with van der Waals surface area (Å²) in [7, 11) is 0. The van der Waals surface area contributed by atoms with E-state index in [4.69, 9.17) is 16.3 Å². The van der Waals surface area contributed by atoms with E-state index in [0.717, 1.165) is 30.8 Å². The summed E-state index contributed by atoms with van der Waals surface area (Å²) in [5.41, 5.74) is 0.568. The molecule has 0 spiro atoms. The molecule has 0 aliphatic carbocycles. The maximum absolute atomic E-state index is 12.9. The Morgan fingerprint density at radius 1 is 1.07 bits per heavy atom. The minimum atomic E-state index is -0.359. The van der Waals surface area contributed by atoms with Gasteiger partial charge >= 0.3 is 0 Å². The van der Waals surface area contributed by atoms with Gasteiger partial charge < -0.3 is 14.5 Å². The van der Waals surface area contributed by atoms with Crippen LogP contribution in [0.4, 0.5) is 5.69 Å². The number of amides is 3. The van der Waals surface area contributed by atoms with Crippen LogP contribution < -0.4 is 9.80 Å². The number of benzene rings is 1. The van der Waals surface area contributed by atoms with E-state index in [0.29, 0.717) is 37.0 Å². The summed E-state index contributed by atoms with van der Waals surface area (Å²) in [5.74, 6) is -0.1000. The lowest BCUT2D eigenvalue weighted by atomic mass is 9.94. The minimum Gasteiger partial charge on any atom is -0.378 e. The predicted octanol–water partition coefficient (Wildman–Crippen LogP) is 0.126. The summed E-state index contributed by atoms with van der Waals surface area (Å²) in [6.45, 7) is 4.01. The second-order valence-electron chi connectivity index (χ2n) is 7.67. The molecule has 4 rings (SSSR count). The summed E-state index contributed by atoms with van der Waals surface area (Å²) in [6.07, 6.45) is 1.73. The number of ether oxygens (including phenoxy) is 1. The second-order valence-corrected chi connectivity index (χ2v) is 8.11. The molecule has 1 aromatic rings. The molecule has 28 heavy (non-hydrogen) atoms. The van der Waals surface area contributed by atoms with Gasteiger partial charge in [-0.2, -0.15) is 0 Å². The van der Waals surface area contributed by atoms with E-state index >= 15 is 0 Å². The zero-order valence-corrected chi connectivity index (χ0v) is 16.5. The average Bonchev–Trinajstić information content (AvgIpc) is 3.03. The number of hydrogen-bond donors (Lipinski definition) is 1. The topological polar surface area (TPSA) is 71.4 Å². The van der Waals surface area contributed by atoms with Crippen LogP contribution in [0.25, 0.3) is 0 Å². The van der Waals surface area contributed by atoms with E-state index in [1.165, 1.54) is 4.90 Å². The Balaban J connectivity index is 1.37. The van der Waals surface area contributed by atoms with Crippen LogP contribution in [-0.4, -0.2) is 68.1 Å². The van der Waals surface area contributed by atoms with Gasteiger partial charge in [0, 0.05) is 36.9 Å². The maximum Gasteiger partial charge on any atom is 0.292 e. The average molecular weight is 407 g/mol. The molecule has 0 bridgehead atoms. The largest absolute Gasteiger partial charge is 0.378 e. The lowest BCUT2D eigenvalue weighted by Crippen LogP contribution is -3.17. The van der Waals surface area contributed by atoms with Crippen molar-refractivity contribution in [3.8, 4) is 0 Å². The van der Waals surface area contributed by atoms with Crippen molar-refractivity contribution in [2.45, 2.75) is 25.3 Å². The van der Waals surface area contributed by atoms with Crippen molar-refractivity contribution in [2.75, 3.05) is 44.3 Å². The van der Waals surface area contributed by atoms with Gasteiger partial charge in [-0.3, -0.25) is 14.4 Å². The number of morpholine rings is 1. The number of nitrogens with zero attached hydrogens (tertiary/aromatic N) is 2. The molecule has 0 aromatic heterocycles. The highest BCUT2D eigenvalue weighted by Gasteiger charge is 2.47. The summed E-state index contributed by atoms with van der Waals surface area (Å²) in [5, 5.41) is 0.567. The van der Waals surface area contributed by atoms with Crippen LogP contribution in [0.2, 0.25) is 5.02 Å². The first-order chi connectivity index (χ1) is 13.5. The molecule has 3 aliphatic heterocycles. The van der Waals surface area contributed by atoms with Crippen LogP contribution in [0.5, 0.6) is 0 Å². The van der Waals surface area contributed by atoms with E-state index < -0.39 is 0 Å². The number of carbonyl (C=O) groups excluding carboxylic acids is 3. The number of halogens is 1.